The van der Waals surface area contributed by atoms with E-state index in [1.807, 2.05) is 35.2 Å². The van der Waals surface area contributed by atoms with Gasteiger partial charge in [-0.15, -0.1) is 0 Å². The van der Waals surface area contributed by atoms with Gasteiger partial charge in [0.1, 0.15) is 5.82 Å². The average Bonchev–Trinajstić information content (AvgIpc) is 3.34. The van der Waals surface area contributed by atoms with Gasteiger partial charge >= 0.3 is 0 Å². The molecule has 1 fully saturated rings. The van der Waals surface area contributed by atoms with Crippen LogP contribution in [0.15, 0.2) is 71.7 Å². The molecule has 0 spiro atoms. The van der Waals surface area contributed by atoms with Crippen molar-refractivity contribution in [3.05, 3.63) is 94.3 Å². The van der Waals surface area contributed by atoms with Crippen LogP contribution in [0.2, 0.25) is 0 Å². The van der Waals surface area contributed by atoms with Crippen LogP contribution >= 0.6 is 0 Å². The second kappa shape index (κ2) is 7.26. The first-order valence-corrected chi connectivity index (χ1v) is 9.77. The van der Waals surface area contributed by atoms with E-state index < -0.39 is 0 Å². The number of carbonyl (C=O) groups excluding carboxylic acids is 1. The summed E-state index contributed by atoms with van der Waals surface area (Å²) in [5, 5.41) is 2.91. The van der Waals surface area contributed by atoms with Gasteiger partial charge in [-0.2, -0.15) is 0 Å². The van der Waals surface area contributed by atoms with Gasteiger partial charge in [-0.3, -0.25) is 14.7 Å². The SMILES string of the molecule is O=C1CC(c2cc(=O)n3[nH]cc(-c4ccc(F)cc4)c3n2)CN1Cc1ccccc1. The summed E-state index contributed by atoms with van der Waals surface area (Å²) in [6, 6.07) is 17.4. The molecule has 150 valence electrons. The zero-order chi connectivity index (χ0) is 20.7. The fourth-order valence-corrected chi connectivity index (χ4v) is 3.98. The van der Waals surface area contributed by atoms with Crippen molar-refractivity contribution in [2.75, 3.05) is 6.54 Å². The normalized spacial score (nSPS) is 16.5. The van der Waals surface area contributed by atoms with E-state index in [-0.39, 0.29) is 23.2 Å². The summed E-state index contributed by atoms with van der Waals surface area (Å²) >= 11 is 0. The molecule has 0 saturated carbocycles. The number of carbonyl (C=O) groups is 1. The molecule has 3 heterocycles. The van der Waals surface area contributed by atoms with Gasteiger partial charge in [0.05, 0.1) is 5.69 Å². The first kappa shape index (κ1) is 18.3. The van der Waals surface area contributed by atoms with Crippen molar-refractivity contribution < 1.29 is 9.18 Å². The predicted octanol–water partition coefficient (Wildman–Crippen LogP) is 3.34. The summed E-state index contributed by atoms with van der Waals surface area (Å²) in [4.78, 5) is 31.7. The van der Waals surface area contributed by atoms with E-state index in [1.54, 1.807) is 18.3 Å². The second-order valence-corrected chi connectivity index (χ2v) is 7.53. The number of amides is 1. The zero-order valence-electron chi connectivity index (χ0n) is 16.1. The van der Waals surface area contributed by atoms with Crippen LogP contribution in [0, 0.1) is 5.82 Å². The minimum Gasteiger partial charge on any atom is -0.338 e. The molecule has 6 nitrogen and oxygen atoms in total. The number of nitrogens with one attached hydrogen (secondary N) is 1. The van der Waals surface area contributed by atoms with Crippen LogP contribution < -0.4 is 5.56 Å². The van der Waals surface area contributed by atoms with Gasteiger partial charge in [0.15, 0.2) is 5.65 Å². The summed E-state index contributed by atoms with van der Waals surface area (Å²) in [5.41, 5.74) is 3.37. The van der Waals surface area contributed by atoms with Crippen LogP contribution in [0.3, 0.4) is 0 Å². The van der Waals surface area contributed by atoms with E-state index in [0.717, 1.165) is 11.1 Å². The summed E-state index contributed by atoms with van der Waals surface area (Å²) in [7, 11) is 0. The Balaban J connectivity index is 1.47. The van der Waals surface area contributed by atoms with Gasteiger partial charge in [0.2, 0.25) is 5.91 Å². The van der Waals surface area contributed by atoms with Gasteiger partial charge < -0.3 is 4.90 Å². The topological polar surface area (TPSA) is 70.5 Å². The maximum Gasteiger partial charge on any atom is 0.272 e. The minimum absolute atomic E-state index is 0.0543. The number of halogens is 1. The minimum atomic E-state index is -0.326. The van der Waals surface area contributed by atoms with E-state index in [9.17, 15) is 14.0 Å². The Morgan fingerprint density at radius 2 is 1.83 bits per heavy atom. The largest absolute Gasteiger partial charge is 0.338 e. The number of hydrogen-bond acceptors (Lipinski definition) is 3. The Bertz CT molecular complexity index is 1280. The lowest BCUT2D eigenvalue weighted by molar-refractivity contribution is -0.128. The number of H-pyrrole nitrogens is 1. The Kier molecular flexibility index (Phi) is 4.43. The molecule has 5 rings (SSSR count). The van der Waals surface area contributed by atoms with Crippen LogP contribution in [-0.4, -0.2) is 31.9 Å². The summed E-state index contributed by atoms with van der Waals surface area (Å²) in [6.45, 7) is 1.06. The van der Waals surface area contributed by atoms with E-state index in [2.05, 4.69) is 5.10 Å². The lowest BCUT2D eigenvalue weighted by atomic mass is 10.0. The Hall–Kier alpha value is -3.74. The van der Waals surface area contributed by atoms with Crippen molar-refractivity contribution in [1.29, 1.82) is 0 Å². The van der Waals surface area contributed by atoms with E-state index in [4.69, 9.17) is 4.98 Å². The first-order valence-electron chi connectivity index (χ1n) is 9.77. The van der Waals surface area contributed by atoms with Gasteiger partial charge in [-0.1, -0.05) is 42.5 Å². The molecular weight excluding hydrogens is 383 g/mol. The summed E-state index contributed by atoms with van der Waals surface area (Å²) in [5.74, 6) is -0.416. The molecule has 2 aromatic carbocycles. The molecule has 1 atom stereocenters. The summed E-state index contributed by atoms with van der Waals surface area (Å²) in [6.07, 6.45) is 2.01. The third-order valence-electron chi connectivity index (χ3n) is 5.52. The highest BCUT2D eigenvalue weighted by Crippen LogP contribution is 2.29. The molecule has 1 aliphatic heterocycles. The Morgan fingerprint density at radius 1 is 1.07 bits per heavy atom. The van der Waals surface area contributed by atoms with Crippen molar-refractivity contribution in [2.45, 2.75) is 18.9 Å². The van der Waals surface area contributed by atoms with Crippen molar-refractivity contribution in [1.82, 2.24) is 19.5 Å². The smallest absolute Gasteiger partial charge is 0.272 e. The standard InChI is InChI=1S/C23H19FN4O2/c24-18-8-6-16(7-9-18)19-12-25-28-22(30)11-20(26-23(19)28)17-10-21(29)27(14-17)13-15-4-2-1-3-5-15/h1-9,11-12,17,25H,10,13-14H2. The van der Waals surface area contributed by atoms with Crippen molar-refractivity contribution in [3.8, 4) is 11.1 Å². The predicted molar refractivity (Wildman–Crippen MR) is 110 cm³/mol. The highest BCUT2D eigenvalue weighted by atomic mass is 19.1. The molecule has 1 saturated heterocycles. The van der Waals surface area contributed by atoms with Crippen LogP contribution in [0.5, 0.6) is 0 Å². The van der Waals surface area contributed by atoms with Crippen LogP contribution in [-0.2, 0) is 11.3 Å². The molecule has 1 amide bonds. The summed E-state index contributed by atoms with van der Waals surface area (Å²) < 4.78 is 14.7. The van der Waals surface area contributed by atoms with Gasteiger partial charge in [-0.25, -0.2) is 13.9 Å². The van der Waals surface area contributed by atoms with Crippen LogP contribution in [0.4, 0.5) is 4.39 Å². The highest BCUT2D eigenvalue weighted by Gasteiger charge is 2.32. The molecule has 0 bridgehead atoms. The molecule has 30 heavy (non-hydrogen) atoms. The lowest BCUT2D eigenvalue weighted by Gasteiger charge is -2.16. The second-order valence-electron chi connectivity index (χ2n) is 7.53. The Morgan fingerprint density at radius 3 is 2.60 bits per heavy atom. The van der Waals surface area contributed by atoms with Crippen molar-refractivity contribution in [3.63, 3.8) is 0 Å². The Labute approximate surface area is 171 Å². The molecule has 1 aliphatic rings. The lowest BCUT2D eigenvalue weighted by Crippen LogP contribution is -2.24. The van der Waals surface area contributed by atoms with Crippen molar-refractivity contribution in [2.24, 2.45) is 0 Å². The number of benzene rings is 2. The van der Waals surface area contributed by atoms with E-state index in [0.29, 0.717) is 36.4 Å². The van der Waals surface area contributed by atoms with Crippen molar-refractivity contribution >= 4 is 11.6 Å². The number of nitrogens with zero attached hydrogens (tertiary/aromatic N) is 3. The number of aromatic nitrogens is 3. The van der Waals surface area contributed by atoms with Gasteiger partial charge in [0, 0.05) is 43.3 Å². The fourth-order valence-electron chi connectivity index (χ4n) is 3.98. The molecule has 1 unspecified atom stereocenters. The average molecular weight is 402 g/mol. The molecule has 1 N–H and O–H groups in total. The molecule has 4 aromatic rings. The number of hydrogen-bond donors (Lipinski definition) is 1. The maximum atomic E-state index is 13.3. The van der Waals surface area contributed by atoms with Gasteiger partial charge in [0.25, 0.3) is 5.56 Å². The zero-order valence-corrected chi connectivity index (χ0v) is 16.1. The number of rotatable bonds is 4. The van der Waals surface area contributed by atoms with E-state index in [1.165, 1.54) is 22.7 Å². The number of likely N-dealkylation sites (tertiary alicyclic amines) is 1. The quantitative estimate of drug-likeness (QED) is 0.569. The van der Waals surface area contributed by atoms with Gasteiger partial charge in [-0.05, 0) is 23.3 Å². The van der Waals surface area contributed by atoms with E-state index >= 15 is 0 Å². The maximum absolute atomic E-state index is 13.3. The molecular formula is C23H19FN4O2. The number of fused-ring (bicyclic) bond motifs is 1. The molecule has 7 heteroatoms. The van der Waals surface area contributed by atoms with Crippen LogP contribution in [0.1, 0.15) is 23.6 Å². The molecule has 2 aromatic heterocycles. The first-order chi connectivity index (χ1) is 14.6. The fraction of sp³-hybridized carbons (Fsp3) is 0.174. The highest BCUT2D eigenvalue weighted by molar-refractivity contribution is 5.80. The third kappa shape index (κ3) is 3.28. The molecule has 0 radical (unpaired) electrons. The third-order valence-corrected chi connectivity index (χ3v) is 5.52. The number of aromatic amines is 1. The monoisotopic (exact) mass is 402 g/mol. The van der Waals surface area contributed by atoms with Crippen LogP contribution in [0.25, 0.3) is 16.8 Å². The molecule has 0 aliphatic carbocycles.